The van der Waals surface area contributed by atoms with Crippen LogP contribution in [-0.4, -0.2) is 11.9 Å². The summed E-state index contributed by atoms with van der Waals surface area (Å²) in [5.74, 6) is 0.609. The third-order valence-corrected chi connectivity index (χ3v) is 4.47. The predicted octanol–water partition coefficient (Wildman–Crippen LogP) is 4.89. The van der Waals surface area contributed by atoms with Crippen molar-refractivity contribution in [2.24, 2.45) is 5.92 Å². The number of hydrogen-bond donors (Lipinski definition) is 1. The van der Waals surface area contributed by atoms with Gasteiger partial charge in [0, 0.05) is 16.5 Å². The highest BCUT2D eigenvalue weighted by Gasteiger charge is 2.15. The molecule has 1 aromatic heterocycles. The summed E-state index contributed by atoms with van der Waals surface area (Å²) in [4.78, 5) is 13.7. The van der Waals surface area contributed by atoms with Gasteiger partial charge in [-0.15, -0.1) is 11.3 Å². The first-order valence-corrected chi connectivity index (χ1v) is 8.31. The van der Waals surface area contributed by atoms with Gasteiger partial charge in [-0.2, -0.15) is 0 Å². The number of rotatable bonds is 5. The average Bonchev–Trinajstić information content (AvgIpc) is 2.91. The molecule has 112 valence electrons. The van der Waals surface area contributed by atoms with Crippen molar-refractivity contribution in [2.75, 3.05) is 0 Å². The number of benzene rings is 1. The number of thiophene rings is 1. The van der Waals surface area contributed by atoms with Gasteiger partial charge in [-0.25, -0.2) is 0 Å². The van der Waals surface area contributed by atoms with E-state index in [9.17, 15) is 4.79 Å². The summed E-state index contributed by atoms with van der Waals surface area (Å²) in [5, 5.41) is 5.17. The predicted molar refractivity (Wildman–Crippen MR) is 90.9 cm³/mol. The van der Waals surface area contributed by atoms with Crippen LogP contribution in [0.2, 0.25) is 0 Å². The van der Waals surface area contributed by atoms with Crippen LogP contribution in [0, 0.1) is 12.8 Å². The lowest BCUT2D eigenvalue weighted by Crippen LogP contribution is -2.33. The van der Waals surface area contributed by atoms with Crippen molar-refractivity contribution in [3.05, 3.63) is 46.8 Å². The molecule has 0 aliphatic rings. The Hall–Kier alpha value is -1.61. The summed E-state index contributed by atoms with van der Waals surface area (Å²) in [7, 11) is 0. The molecular formula is C18H23NOS. The summed E-state index contributed by atoms with van der Waals surface area (Å²) >= 11 is 1.70. The second kappa shape index (κ2) is 6.90. The lowest BCUT2D eigenvalue weighted by Gasteiger charge is -2.17. The zero-order valence-electron chi connectivity index (χ0n) is 13.1. The minimum Gasteiger partial charge on any atom is -0.350 e. The summed E-state index contributed by atoms with van der Waals surface area (Å²) in [6.07, 6.45) is 0.995. The molecule has 0 saturated heterocycles. The van der Waals surface area contributed by atoms with Crippen LogP contribution in [0.25, 0.3) is 10.4 Å². The fourth-order valence-electron chi connectivity index (χ4n) is 2.65. The van der Waals surface area contributed by atoms with E-state index < -0.39 is 0 Å². The highest BCUT2D eigenvalue weighted by Crippen LogP contribution is 2.29. The van der Waals surface area contributed by atoms with Gasteiger partial charge in [-0.3, -0.25) is 4.79 Å². The first kappa shape index (κ1) is 15.8. The molecule has 0 radical (unpaired) electrons. The molecule has 0 spiro atoms. The summed E-state index contributed by atoms with van der Waals surface area (Å²) in [5.41, 5.74) is 2.97. The number of hydrogen-bond acceptors (Lipinski definition) is 2. The van der Waals surface area contributed by atoms with Gasteiger partial charge in [-0.05, 0) is 54.8 Å². The molecule has 1 heterocycles. The van der Waals surface area contributed by atoms with Gasteiger partial charge in [0.1, 0.15) is 0 Å². The van der Waals surface area contributed by atoms with Gasteiger partial charge in [0.15, 0.2) is 0 Å². The molecule has 1 atom stereocenters. The van der Waals surface area contributed by atoms with E-state index >= 15 is 0 Å². The van der Waals surface area contributed by atoms with E-state index in [-0.39, 0.29) is 11.9 Å². The maximum atomic E-state index is 12.5. The van der Waals surface area contributed by atoms with E-state index in [0.29, 0.717) is 5.92 Å². The third-order valence-electron chi connectivity index (χ3n) is 3.57. The summed E-state index contributed by atoms with van der Waals surface area (Å²) in [6, 6.07) is 10.3. The Morgan fingerprint density at radius 1 is 1.19 bits per heavy atom. The molecule has 0 aliphatic carbocycles. The molecule has 0 aliphatic heterocycles. The van der Waals surface area contributed by atoms with E-state index in [1.807, 2.05) is 25.1 Å². The average molecular weight is 301 g/mol. The monoisotopic (exact) mass is 301 g/mol. The molecule has 2 aromatic rings. The van der Waals surface area contributed by atoms with Crippen molar-refractivity contribution >= 4 is 17.2 Å². The van der Waals surface area contributed by atoms with Gasteiger partial charge < -0.3 is 5.32 Å². The highest BCUT2D eigenvalue weighted by molar-refractivity contribution is 7.13. The van der Waals surface area contributed by atoms with Gasteiger partial charge in [-0.1, -0.05) is 32.0 Å². The van der Waals surface area contributed by atoms with Crippen LogP contribution in [0.4, 0.5) is 0 Å². The van der Waals surface area contributed by atoms with Crippen LogP contribution in [-0.2, 0) is 0 Å². The van der Waals surface area contributed by atoms with Gasteiger partial charge in [0.25, 0.3) is 5.91 Å². The second-order valence-electron chi connectivity index (χ2n) is 5.96. The van der Waals surface area contributed by atoms with Crippen LogP contribution >= 0.6 is 11.3 Å². The Bertz CT molecular complexity index is 602. The molecule has 1 amide bonds. The van der Waals surface area contributed by atoms with E-state index in [0.717, 1.165) is 23.1 Å². The summed E-state index contributed by atoms with van der Waals surface area (Å²) < 4.78 is 0. The Morgan fingerprint density at radius 3 is 2.57 bits per heavy atom. The third kappa shape index (κ3) is 3.94. The van der Waals surface area contributed by atoms with Crippen molar-refractivity contribution in [3.8, 4) is 10.4 Å². The molecule has 0 saturated carbocycles. The van der Waals surface area contributed by atoms with Crippen LogP contribution in [0.5, 0.6) is 0 Å². The van der Waals surface area contributed by atoms with Crippen LogP contribution in [0.3, 0.4) is 0 Å². The topological polar surface area (TPSA) is 29.1 Å². The van der Waals surface area contributed by atoms with Crippen molar-refractivity contribution in [2.45, 2.75) is 40.2 Å². The molecule has 1 N–H and O–H groups in total. The smallest absolute Gasteiger partial charge is 0.251 e. The molecule has 1 aromatic carbocycles. The number of nitrogens with one attached hydrogen (secondary N) is 1. The first-order chi connectivity index (χ1) is 9.99. The van der Waals surface area contributed by atoms with E-state index in [1.165, 1.54) is 4.88 Å². The van der Waals surface area contributed by atoms with Gasteiger partial charge in [0.05, 0.1) is 0 Å². The van der Waals surface area contributed by atoms with E-state index in [1.54, 1.807) is 11.3 Å². The Morgan fingerprint density at radius 2 is 1.95 bits per heavy atom. The molecule has 2 nitrogen and oxygen atoms in total. The molecule has 21 heavy (non-hydrogen) atoms. The normalized spacial score (nSPS) is 12.4. The molecule has 0 bridgehead atoms. The van der Waals surface area contributed by atoms with Gasteiger partial charge in [0.2, 0.25) is 0 Å². The second-order valence-corrected chi connectivity index (χ2v) is 6.91. The minimum absolute atomic E-state index is 0.0269. The molecular weight excluding hydrogens is 278 g/mol. The quantitative estimate of drug-likeness (QED) is 0.837. The molecule has 3 heteroatoms. The number of carbonyl (C=O) groups excluding carboxylic acids is 1. The lowest BCUT2D eigenvalue weighted by molar-refractivity contribution is 0.0935. The SMILES string of the molecule is Cc1c(C(=O)NC(C)CC(C)C)cccc1-c1cccs1. The standard InChI is InChI=1S/C18H23NOS/c1-12(2)11-13(3)19-18(20)16-8-5-7-15(14(16)4)17-9-6-10-21-17/h5-10,12-13H,11H2,1-4H3,(H,19,20). The van der Waals surface area contributed by atoms with Crippen LogP contribution < -0.4 is 5.32 Å². The van der Waals surface area contributed by atoms with Crippen LogP contribution in [0.1, 0.15) is 43.1 Å². The van der Waals surface area contributed by atoms with E-state index in [2.05, 4.69) is 43.6 Å². The Labute approximate surface area is 131 Å². The Balaban J connectivity index is 2.20. The van der Waals surface area contributed by atoms with Crippen molar-refractivity contribution < 1.29 is 4.79 Å². The molecule has 2 rings (SSSR count). The zero-order valence-corrected chi connectivity index (χ0v) is 14.0. The molecule has 1 unspecified atom stereocenters. The zero-order chi connectivity index (χ0) is 15.4. The largest absolute Gasteiger partial charge is 0.350 e. The fourth-order valence-corrected chi connectivity index (χ4v) is 3.46. The Kier molecular flexibility index (Phi) is 5.18. The first-order valence-electron chi connectivity index (χ1n) is 7.43. The van der Waals surface area contributed by atoms with Crippen molar-refractivity contribution in [1.82, 2.24) is 5.32 Å². The van der Waals surface area contributed by atoms with Crippen molar-refractivity contribution in [1.29, 1.82) is 0 Å². The highest BCUT2D eigenvalue weighted by atomic mass is 32.1. The molecule has 0 fully saturated rings. The maximum absolute atomic E-state index is 12.5. The maximum Gasteiger partial charge on any atom is 0.251 e. The van der Waals surface area contributed by atoms with E-state index in [4.69, 9.17) is 0 Å². The lowest BCUT2D eigenvalue weighted by atomic mass is 9.99. The number of carbonyl (C=O) groups is 1. The number of amides is 1. The van der Waals surface area contributed by atoms with Gasteiger partial charge >= 0.3 is 0 Å². The minimum atomic E-state index is 0.0269. The van der Waals surface area contributed by atoms with Crippen molar-refractivity contribution in [3.63, 3.8) is 0 Å². The summed E-state index contributed by atoms with van der Waals surface area (Å²) in [6.45, 7) is 8.43. The fraction of sp³-hybridized carbons (Fsp3) is 0.389. The van der Waals surface area contributed by atoms with Crippen LogP contribution in [0.15, 0.2) is 35.7 Å².